The van der Waals surface area contributed by atoms with Gasteiger partial charge in [0.2, 0.25) is 0 Å². The lowest BCUT2D eigenvalue weighted by atomic mass is 9.94. The van der Waals surface area contributed by atoms with Crippen molar-refractivity contribution in [3.8, 4) is 0 Å². The average molecular weight is 295 g/mol. The quantitative estimate of drug-likeness (QED) is 0.894. The van der Waals surface area contributed by atoms with Gasteiger partial charge in [-0.15, -0.1) is 0 Å². The summed E-state index contributed by atoms with van der Waals surface area (Å²) < 4.78 is 30.7. The number of hydrogen-bond acceptors (Lipinski definition) is 4. The molecule has 7 nitrogen and oxygen atoms in total. The molecule has 0 aromatic carbocycles. The van der Waals surface area contributed by atoms with Gasteiger partial charge in [-0.3, -0.25) is 9.36 Å². The van der Waals surface area contributed by atoms with Gasteiger partial charge in [-0.2, -0.15) is 10.2 Å². The van der Waals surface area contributed by atoms with Gasteiger partial charge in [0, 0.05) is 25.9 Å². The maximum atomic E-state index is 12.4. The van der Waals surface area contributed by atoms with Crippen molar-refractivity contribution in [1.82, 2.24) is 24.3 Å². The third-order valence-electron chi connectivity index (χ3n) is 3.57. The van der Waals surface area contributed by atoms with Gasteiger partial charge in [-0.05, 0) is 25.3 Å². The Balaban J connectivity index is 1.91. The van der Waals surface area contributed by atoms with Crippen molar-refractivity contribution < 1.29 is 8.42 Å². The van der Waals surface area contributed by atoms with Crippen molar-refractivity contribution in [2.24, 2.45) is 14.1 Å². The third-order valence-corrected chi connectivity index (χ3v) is 5.11. The van der Waals surface area contributed by atoms with E-state index < -0.39 is 10.0 Å². The van der Waals surface area contributed by atoms with Crippen LogP contribution in [0.4, 0.5) is 0 Å². The van der Waals surface area contributed by atoms with Crippen molar-refractivity contribution in [1.29, 1.82) is 0 Å². The average Bonchev–Trinajstić information content (AvgIpc) is 2.94. The van der Waals surface area contributed by atoms with E-state index in [-0.39, 0.29) is 11.1 Å². The number of fused-ring (bicyclic) bond motifs is 1. The molecular formula is C12H17N5O2S. The summed E-state index contributed by atoms with van der Waals surface area (Å²) in [7, 11) is -0.0991. The van der Waals surface area contributed by atoms with Gasteiger partial charge in [-0.25, -0.2) is 13.1 Å². The number of aromatic nitrogens is 4. The fourth-order valence-corrected chi connectivity index (χ4v) is 4.04. The summed E-state index contributed by atoms with van der Waals surface area (Å²) in [4.78, 5) is 0. The molecule has 0 fully saturated rings. The standard InChI is InChI=1S/C12H17N5O2S/c1-16-8-9-10(14-16)4-3-5-11(9)15-20(18,19)12-6-7-13-17(12)2/h6-8,11,15H,3-5H2,1-2H3. The van der Waals surface area contributed by atoms with E-state index >= 15 is 0 Å². The lowest BCUT2D eigenvalue weighted by Gasteiger charge is -2.22. The van der Waals surface area contributed by atoms with Crippen LogP contribution in [-0.2, 0) is 30.5 Å². The zero-order valence-corrected chi connectivity index (χ0v) is 12.3. The minimum absolute atomic E-state index is 0.175. The Labute approximate surface area is 117 Å². The highest BCUT2D eigenvalue weighted by atomic mass is 32.2. The maximum absolute atomic E-state index is 12.4. The van der Waals surface area contributed by atoms with E-state index in [4.69, 9.17) is 0 Å². The van der Waals surface area contributed by atoms with Crippen LogP contribution in [0.5, 0.6) is 0 Å². The van der Waals surface area contributed by atoms with Gasteiger partial charge in [-0.1, -0.05) is 0 Å². The van der Waals surface area contributed by atoms with Crippen molar-refractivity contribution in [2.45, 2.75) is 30.3 Å². The Morgan fingerprint density at radius 2 is 2.20 bits per heavy atom. The van der Waals surface area contributed by atoms with E-state index in [2.05, 4.69) is 14.9 Å². The van der Waals surface area contributed by atoms with E-state index in [1.165, 1.54) is 16.9 Å². The van der Waals surface area contributed by atoms with E-state index in [1.54, 1.807) is 11.7 Å². The molecule has 20 heavy (non-hydrogen) atoms. The summed E-state index contributed by atoms with van der Waals surface area (Å²) in [6, 6.07) is 1.28. The van der Waals surface area contributed by atoms with Gasteiger partial charge in [0.15, 0.2) is 5.03 Å². The number of rotatable bonds is 3. The van der Waals surface area contributed by atoms with Crippen LogP contribution in [0.2, 0.25) is 0 Å². The summed E-state index contributed by atoms with van der Waals surface area (Å²) in [6.45, 7) is 0. The summed E-state index contributed by atoms with van der Waals surface area (Å²) in [5.41, 5.74) is 1.96. The van der Waals surface area contributed by atoms with Crippen LogP contribution in [-0.4, -0.2) is 28.0 Å². The summed E-state index contributed by atoms with van der Waals surface area (Å²) >= 11 is 0. The van der Waals surface area contributed by atoms with Crippen LogP contribution >= 0.6 is 0 Å². The van der Waals surface area contributed by atoms with Crippen molar-refractivity contribution in [3.63, 3.8) is 0 Å². The number of nitrogens with one attached hydrogen (secondary N) is 1. The predicted octanol–water partition coefficient (Wildman–Crippen LogP) is 0.510. The molecule has 0 saturated carbocycles. The monoisotopic (exact) mass is 295 g/mol. The molecule has 1 aliphatic rings. The molecule has 8 heteroatoms. The molecule has 0 spiro atoms. The molecular weight excluding hydrogens is 278 g/mol. The first-order chi connectivity index (χ1) is 9.47. The van der Waals surface area contributed by atoms with Gasteiger partial charge in [0.25, 0.3) is 10.0 Å². The largest absolute Gasteiger partial charge is 0.275 e. The number of sulfonamides is 1. The minimum Gasteiger partial charge on any atom is -0.275 e. The summed E-state index contributed by atoms with van der Waals surface area (Å²) in [5, 5.41) is 8.46. The number of aryl methyl sites for hydroxylation is 3. The molecule has 3 rings (SSSR count). The Hall–Kier alpha value is -1.67. The van der Waals surface area contributed by atoms with E-state index in [0.29, 0.717) is 0 Å². The van der Waals surface area contributed by atoms with Crippen LogP contribution in [0.25, 0.3) is 0 Å². The fraction of sp³-hybridized carbons (Fsp3) is 0.500. The molecule has 0 radical (unpaired) electrons. The molecule has 108 valence electrons. The molecule has 0 saturated heterocycles. The van der Waals surface area contributed by atoms with Crippen LogP contribution in [0, 0.1) is 0 Å². The molecule has 1 unspecified atom stereocenters. The molecule has 2 aromatic heterocycles. The van der Waals surface area contributed by atoms with E-state index in [1.807, 2.05) is 13.2 Å². The first kappa shape index (κ1) is 13.3. The van der Waals surface area contributed by atoms with E-state index in [9.17, 15) is 8.42 Å². The second kappa shape index (κ2) is 4.71. The van der Waals surface area contributed by atoms with Gasteiger partial charge >= 0.3 is 0 Å². The summed E-state index contributed by atoms with van der Waals surface area (Å²) in [5.74, 6) is 0. The lowest BCUT2D eigenvalue weighted by molar-refractivity contribution is 0.499. The molecule has 1 N–H and O–H groups in total. The Bertz CT molecular complexity index is 731. The minimum atomic E-state index is -3.57. The fourth-order valence-electron chi connectivity index (χ4n) is 2.66. The highest BCUT2D eigenvalue weighted by Crippen LogP contribution is 2.29. The van der Waals surface area contributed by atoms with Crippen LogP contribution in [0.3, 0.4) is 0 Å². The van der Waals surface area contributed by atoms with Gasteiger partial charge in [0.05, 0.1) is 17.9 Å². The first-order valence-corrected chi connectivity index (χ1v) is 7.98. The zero-order valence-electron chi connectivity index (χ0n) is 11.4. The molecule has 1 aliphatic carbocycles. The smallest absolute Gasteiger partial charge is 0.258 e. The highest BCUT2D eigenvalue weighted by molar-refractivity contribution is 7.89. The number of hydrogen-bond donors (Lipinski definition) is 1. The normalized spacial score (nSPS) is 19.0. The molecule has 0 bridgehead atoms. The SMILES string of the molecule is Cn1cc2c(n1)CCCC2NS(=O)(=O)c1ccnn1C. The second-order valence-corrected chi connectivity index (χ2v) is 6.72. The van der Waals surface area contributed by atoms with Crippen LogP contribution in [0.15, 0.2) is 23.5 Å². The van der Waals surface area contributed by atoms with Crippen LogP contribution < -0.4 is 4.72 Å². The third kappa shape index (κ3) is 2.25. The highest BCUT2D eigenvalue weighted by Gasteiger charge is 2.28. The first-order valence-electron chi connectivity index (χ1n) is 6.50. The molecule has 0 amide bonds. The topological polar surface area (TPSA) is 81.8 Å². The number of nitrogens with zero attached hydrogens (tertiary/aromatic N) is 4. The van der Waals surface area contributed by atoms with Gasteiger partial charge in [0.1, 0.15) is 0 Å². The second-order valence-electron chi connectivity index (χ2n) is 5.06. The molecule has 2 heterocycles. The molecule has 2 aromatic rings. The molecule has 1 atom stereocenters. The van der Waals surface area contributed by atoms with Crippen molar-refractivity contribution in [3.05, 3.63) is 29.7 Å². The lowest BCUT2D eigenvalue weighted by Crippen LogP contribution is -2.31. The zero-order chi connectivity index (χ0) is 14.3. The summed E-state index contributed by atoms with van der Waals surface area (Å²) in [6.07, 6.45) is 5.99. The molecule has 0 aliphatic heterocycles. The Morgan fingerprint density at radius 3 is 2.90 bits per heavy atom. The van der Waals surface area contributed by atoms with Crippen molar-refractivity contribution in [2.75, 3.05) is 0 Å². The van der Waals surface area contributed by atoms with E-state index in [0.717, 1.165) is 30.5 Å². The predicted molar refractivity (Wildman–Crippen MR) is 72.4 cm³/mol. The van der Waals surface area contributed by atoms with Gasteiger partial charge < -0.3 is 0 Å². The van der Waals surface area contributed by atoms with Crippen molar-refractivity contribution >= 4 is 10.0 Å². The Kier molecular flexibility index (Phi) is 3.14. The maximum Gasteiger partial charge on any atom is 0.258 e. The Morgan fingerprint density at radius 1 is 1.40 bits per heavy atom. The van der Waals surface area contributed by atoms with Crippen LogP contribution in [0.1, 0.15) is 30.1 Å².